The summed E-state index contributed by atoms with van der Waals surface area (Å²) in [5, 5.41) is 5.00. The van der Waals surface area contributed by atoms with Crippen molar-refractivity contribution in [3.8, 4) is 0 Å². The molecule has 0 fully saturated rings. The number of fused-ring (bicyclic) bond motifs is 1. The van der Waals surface area contributed by atoms with E-state index in [1.165, 1.54) is 17.7 Å². The standard InChI is InChI=1S/C14H16N4O2S2/c1-14(2,3)18-13(15-9-16-18)17-22(19,20)12-8-10-6-4-5-7-11(10)21-12/h4-9H,1-3H3,(H,15,16,17). The molecule has 22 heavy (non-hydrogen) atoms. The molecule has 3 rings (SSSR count). The minimum Gasteiger partial charge on any atom is -0.247 e. The van der Waals surface area contributed by atoms with Gasteiger partial charge < -0.3 is 0 Å². The van der Waals surface area contributed by atoms with Gasteiger partial charge in [-0.2, -0.15) is 10.1 Å². The van der Waals surface area contributed by atoms with Gasteiger partial charge in [-0.3, -0.25) is 0 Å². The summed E-state index contributed by atoms with van der Waals surface area (Å²) in [5.74, 6) is 0.213. The molecule has 0 saturated heterocycles. The summed E-state index contributed by atoms with van der Waals surface area (Å²) in [6.07, 6.45) is 1.34. The first-order chi connectivity index (χ1) is 10.3. The molecule has 2 heterocycles. The molecule has 2 aromatic heterocycles. The average molecular weight is 336 g/mol. The zero-order valence-electron chi connectivity index (χ0n) is 12.4. The van der Waals surface area contributed by atoms with E-state index in [9.17, 15) is 8.42 Å². The van der Waals surface area contributed by atoms with Gasteiger partial charge in [0.25, 0.3) is 10.0 Å². The van der Waals surface area contributed by atoms with Crippen LogP contribution in [0.15, 0.2) is 40.9 Å². The Hall–Kier alpha value is -1.93. The lowest BCUT2D eigenvalue weighted by molar-refractivity contribution is 0.361. The fourth-order valence-electron chi connectivity index (χ4n) is 2.06. The van der Waals surface area contributed by atoms with Crippen molar-refractivity contribution in [2.75, 3.05) is 4.72 Å². The van der Waals surface area contributed by atoms with Crippen molar-refractivity contribution < 1.29 is 8.42 Å². The first-order valence-corrected chi connectivity index (χ1v) is 8.99. The van der Waals surface area contributed by atoms with Gasteiger partial charge in [0, 0.05) is 4.70 Å². The highest BCUT2D eigenvalue weighted by atomic mass is 32.2. The van der Waals surface area contributed by atoms with Gasteiger partial charge in [-0.05, 0) is 38.3 Å². The summed E-state index contributed by atoms with van der Waals surface area (Å²) in [4.78, 5) is 4.01. The number of nitrogens with one attached hydrogen (secondary N) is 1. The molecule has 0 radical (unpaired) electrons. The predicted octanol–water partition coefficient (Wildman–Crippen LogP) is 3.05. The van der Waals surface area contributed by atoms with E-state index < -0.39 is 10.0 Å². The topological polar surface area (TPSA) is 76.9 Å². The van der Waals surface area contributed by atoms with E-state index in [2.05, 4.69) is 14.8 Å². The van der Waals surface area contributed by atoms with Crippen LogP contribution < -0.4 is 4.72 Å². The van der Waals surface area contributed by atoms with Crippen LogP contribution in [-0.2, 0) is 15.6 Å². The summed E-state index contributed by atoms with van der Waals surface area (Å²) in [6, 6.07) is 9.23. The van der Waals surface area contributed by atoms with Crippen LogP contribution in [0.3, 0.4) is 0 Å². The minimum absolute atomic E-state index is 0.213. The van der Waals surface area contributed by atoms with Crippen molar-refractivity contribution in [2.24, 2.45) is 0 Å². The van der Waals surface area contributed by atoms with E-state index in [0.29, 0.717) is 0 Å². The number of hydrogen-bond acceptors (Lipinski definition) is 5. The molecule has 8 heteroatoms. The van der Waals surface area contributed by atoms with Crippen LogP contribution in [0.1, 0.15) is 20.8 Å². The first kappa shape index (κ1) is 15.0. The normalized spacial score (nSPS) is 12.7. The molecule has 0 aliphatic carbocycles. The number of thiophene rings is 1. The largest absolute Gasteiger partial charge is 0.273 e. The molecule has 0 amide bonds. The summed E-state index contributed by atoms with van der Waals surface area (Å²) in [5.41, 5.74) is -0.367. The van der Waals surface area contributed by atoms with Gasteiger partial charge in [0.15, 0.2) is 0 Å². The Morgan fingerprint density at radius 3 is 2.64 bits per heavy atom. The predicted molar refractivity (Wildman–Crippen MR) is 87.7 cm³/mol. The minimum atomic E-state index is -3.68. The number of benzene rings is 1. The van der Waals surface area contributed by atoms with Crippen LogP contribution >= 0.6 is 11.3 Å². The number of sulfonamides is 1. The van der Waals surface area contributed by atoms with Crippen molar-refractivity contribution in [2.45, 2.75) is 30.5 Å². The molecule has 0 spiro atoms. The van der Waals surface area contributed by atoms with Gasteiger partial charge in [-0.15, -0.1) is 11.3 Å². The van der Waals surface area contributed by atoms with E-state index in [-0.39, 0.29) is 15.7 Å². The van der Waals surface area contributed by atoms with Crippen LogP contribution in [0.5, 0.6) is 0 Å². The summed E-state index contributed by atoms with van der Waals surface area (Å²) < 4.78 is 30.4. The maximum absolute atomic E-state index is 12.6. The molecule has 0 saturated carbocycles. The molecule has 1 N–H and O–H groups in total. The number of anilines is 1. The van der Waals surface area contributed by atoms with E-state index in [1.807, 2.05) is 45.0 Å². The molecule has 6 nitrogen and oxygen atoms in total. The lowest BCUT2D eigenvalue weighted by Crippen LogP contribution is -2.27. The molecule has 0 unspecified atom stereocenters. The first-order valence-electron chi connectivity index (χ1n) is 6.69. The van der Waals surface area contributed by atoms with Crippen molar-refractivity contribution in [3.63, 3.8) is 0 Å². The summed E-state index contributed by atoms with van der Waals surface area (Å²) in [7, 11) is -3.68. The quantitative estimate of drug-likeness (QED) is 0.797. The van der Waals surface area contributed by atoms with Crippen molar-refractivity contribution >= 4 is 37.4 Å². The van der Waals surface area contributed by atoms with Crippen molar-refractivity contribution in [1.29, 1.82) is 0 Å². The highest BCUT2D eigenvalue weighted by Crippen LogP contribution is 2.30. The van der Waals surface area contributed by atoms with Gasteiger partial charge in [0.05, 0.1) is 5.54 Å². The number of aromatic nitrogens is 3. The molecule has 0 bridgehead atoms. The van der Waals surface area contributed by atoms with Gasteiger partial charge >= 0.3 is 0 Å². The molecule has 0 atom stereocenters. The second-order valence-corrected chi connectivity index (χ2v) is 8.87. The zero-order valence-corrected chi connectivity index (χ0v) is 14.1. The lowest BCUT2D eigenvalue weighted by atomic mass is 10.1. The second kappa shape index (κ2) is 5.06. The molecular weight excluding hydrogens is 320 g/mol. The lowest BCUT2D eigenvalue weighted by Gasteiger charge is -2.21. The molecule has 116 valence electrons. The van der Waals surface area contributed by atoms with E-state index in [4.69, 9.17) is 0 Å². The third kappa shape index (κ3) is 2.71. The van der Waals surface area contributed by atoms with Crippen LogP contribution in [0.2, 0.25) is 0 Å². The zero-order chi connectivity index (χ0) is 16.0. The highest BCUT2D eigenvalue weighted by molar-refractivity contribution is 7.94. The Kier molecular flexibility index (Phi) is 3.45. The Morgan fingerprint density at radius 1 is 1.23 bits per heavy atom. The summed E-state index contributed by atoms with van der Waals surface area (Å²) in [6.45, 7) is 5.79. The Balaban J connectivity index is 1.99. The molecule has 0 aliphatic heterocycles. The fourth-order valence-corrected chi connectivity index (χ4v) is 4.45. The van der Waals surface area contributed by atoms with E-state index in [0.717, 1.165) is 10.1 Å². The third-order valence-corrected chi connectivity index (χ3v) is 5.99. The Bertz CT molecular complexity index is 887. The summed E-state index contributed by atoms with van der Waals surface area (Å²) >= 11 is 1.23. The van der Waals surface area contributed by atoms with Crippen LogP contribution in [0.4, 0.5) is 5.95 Å². The van der Waals surface area contributed by atoms with Crippen molar-refractivity contribution in [3.05, 3.63) is 36.7 Å². The fraction of sp³-hybridized carbons (Fsp3) is 0.286. The van der Waals surface area contributed by atoms with Crippen LogP contribution in [0, 0.1) is 0 Å². The van der Waals surface area contributed by atoms with Gasteiger partial charge in [0.2, 0.25) is 5.95 Å². The number of rotatable bonds is 3. The van der Waals surface area contributed by atoms with E-state index in [1.54, 1.807) is 10.7 Å². The Morgan fingerprint density at radius 2 is 1.95 bits per heavy atom. The highest BCUT2D eigenvalue weighted by Gasteiger charge is 2.24. The second-order valence-electron chi connectivity index (χ2n) is 5.88. The maximum atomic E-state index is 12.6. The monoisotopic (exact) mass is 336 g/mol. The molecular formula is C14H16N4O2S2. The third-order valence-electron chi connectivity index (χ3n) is 3.08. The molecule has 3 aromatic rings. The smallest absolute Gasteiger partial charge is 0.247 e. The number of nitrogens with zero attached hydrogens (tertiary/aromatic N) is 3. The SMILES string of the molecule is CC(C)(C)n1ncnc1NS(=O)(=O)c1cc2ccccc2s1. The van der Waals surface area contributed by atoms with Crippen LogP contribution in [-0.4, -0.2) is 23.2 Å². The van der Waals surface area contributed by atoms with Gasteiger partial charge in [-0.25, -0.2) is 17.8 Å². The van der Waals surface area contributed by atoms with Crippen molar-refractivity contribution in [1.82, 2.24) is 14.8 Å². The van der Waals surface area contributed by atoms with E-state index >= 15 is 0 Å². The number of hydrogen-bond donors (Lipinski definition) is 1. The molecule has 0 aliphatic rings. The van der Waals surface area contributed by atoms with Gasteiger partial charge in [0.1, 0.15) is 10.5 Å². The average Bonchev–Trinajstić information content (AvgIpc) is 3.03. The van der Waals surface area contributed by atoms with Gasteiger partial charge in [-0.1, -0.05) is 18.2 Å². The maximum Gasteiger partial charge on any atom is 0.273 e. The van der Waals surface area contributed by atoms with Crippen LogP contribution in [0.25, 0.3) is 10.1 Å². The molecule has 1 aromatic carbocycles. The Labute approximate surface area is 132 Å².